The van der Waals surface area contributed by atoms with E-state index in [1.54, 1.807) is 0 Å². The van der Waals surface area contributed by atoms with Crippen LogP contribution in [0.3, 0.4) is 0 Å². The van der Waals surface area contributed by atoms with Crippen molar-refractivity contribution >= 4 is 38.2 Å². The first-order chi connectivity index (χ1) is 6.68. The molecule has 0 spiro atoms. The minimum atomic E-state index is -0.0543. The lowest BCUT2D eigenvalue weighted by Gasteiger charge is -2.11. The van der Waals surface area contributed by atoms with Crippen molar-refractivity contribution in [1.82, 2.24) is 4.98 Å². The largest absolute Gasteiger partial charge is 0.375 e. The number of carbonyl (C=O) groups excluding carboxylic acids is 1. The molecule has 3 nitrogen and oxygen atoms in total. The van der Waals surface area contributed by atoms with Crippen molar-refractivity contribution < 1.29 is 4.79 Å². The summed E-state index contributed by atoms with van der Waals surface area (Å²) in [4.78, 5) is 16.8. The number of nitrogen functional groups attached to an aromatic ring is 1. The molecule has 1 aliphatic carbocycles. The molecule has 0 radical (unpaired) electrons. The number of halogens is 1. The summed E-state index contributed by atoms with van der Waals surface area (Å²) in [5.41, 5.74) is 6.50. The van der Waals surface area contributed by atoms with Gasteiger partial charge in [0.25, 0.3) is 0 Å². The number of nitrogens with two attached hydrogens (primary N) is 1. The summed E-state index contributed by atoms with van der Waals surface area (Å²) < 4.78 is 0. The van der Waals surface area contributed by atoms with Crippen molar-refractivity contribution in [3.05, 3.63) is 10.6 Å². The molecule has 0 bridgehead atoms. The zero-order valence-electron chi connectivity index (χ0n) is 7.62. The van der Waals surface area contributed by atoms with Crippen LogP contribution >= 0.6 is 27.3 Å². The molecule has 0 saturated heterocycles. The van der Waals surface area contributed by atoms with E-state index in [0.717, 1.165) is 36.3 Å². The van der Waals surface area contributed by atoms with Gasteiger partial charge in [-0.3, -0.25) is 4.79 Å². The number of aromatic nitrogens is 1. The Labute approximate surface area is 94.8 Å². The smallest absolute Gasteiger partial charge is 0.188 e. The maximum Gasteiger partial charge on any atom is 0.188 e. The Balaban J connectivity index is 2.39. The highest BCUT2D eigenvalue weighted by molar-refractivity contribution is 9.10. The van der Waals surface area contributed by atoms with E-state index in [2.05, 4.69) is 20.9 Å². The first-order valence-corrected chi connectivity index (χ1v) is 6.35. The molecule has 14 heavy (non-hydrogen) atoms. The van der Waals surface area contributed by atoms with Crippen LogP contribution in [0.25, 0.3) is 0 Å². The number of fused-ring (bicyclic) bond motifs is 1. The number of carbonyl (C=O) groups is 1. The maximum atomic E-state index is 11.9. The monoisotopic (exact) mass is 274 g/mol. The molecule has 1 atom stereocenters. The third-order valence-electron chi connectivity index (χ3n) is 2.34. The zero-order valence-corrected chi connectivity index (χ0v) is 10.0. The van der Waals surface area contributed by atoms with Crippen LogP contribution in [0.2, 0.25) is 0 Å². The molecule has 2 rings (SSSR count). The maximum absolute atomic E-state index is 11.9. The quantitative estimate of drug-likeness (QED) is 0.740. The van der Waals surface area contributed by atoms with Crippen LogP contribution in [0.1, 0.15) is 34.6 Å². The summed E-state index contributed by atoms with van der Waals surface area (Å²) in [7, 11) is 0. The minimum Gasteiger partial charge on any atom is -0.375 e. The molecular formula is C9H11BrN2OS. The number of ketones is 1. The fourth-order valence-corrected chi connectivity index (χ4v) is 3.20. The van der Waals surface area contributed by atoms with Crippen LogP contribution in [-0.2, 0) is 6.42 Å². The summed E-state index contributed by atoms with van der Waals surface area (Å²) in [5.74, 6) is 0.147. The Bertz CT molecular complexity index is 364. The van der Waals surface area contributed by atoms with Gasteiger partial charge < -0.3 is 5.73 Å². The molecule has 76 valence electrons. The van der Waals surface area contributed by atoms with E-state index in [1.165, 1.54) is 11.3 Å². The second-order valence-corrected chi connectivity index (χ2v) is 5.54. The number of anilines is 1. The lowest BCUT2D eigenvalue weighted by Crippen LogP contribution is -2.16. The highest BCUT2D eigenvalue weighted by Crippen LogP contribution is 2.29. The van der Waals surface area contributed by atoms with E-state index in [9.17, 15) is 4.79 Å². The topological polar surface area (TPSA) is 56.0 Å². The van der Waals surface area contributed by atoms with Crippen molar-refractivity contribution in [3.63, 3.8) is 0 Å². The predicted molar refractivity (Wildman–Crippen MR) is 61.1 cm³/mol. The van der Waals surface area contributed by atoms with Crippen LogP contribution < -0.4 is 5.73 Å². The number of hydrogen-bond acceptors (Lipinski definition) is 4. The van der Waals surface area contributed by atoms with Crippen molar-refractivity contribution in [2.24, 2.45) is 0 Å². The van der Waals surface area contributed by atoms with E-state index in [1.807, 2.05) is 0 Å². The molecule has 5 heteroatoms. The number of hydrogen-bond donors (Lipinski definition) is 1. The molecule has 0 amide bonds. The van der Waals surface area contributed by atoms with Crippen LogP contribution in [-0.4, -0.2) is 15.6 Å². The molecule has 2 N–H and O–H groups in total. The third-order valence-corrected chi connectivity index (χ3v) is 4.16. The number of nitrogens with zero attached hydrogens (tertiary/aromatic N) is 1. The van der Waals surface area contributed by atoms with Gasteiger partial charge in [-0.05, 0) is 19.3 Å². The number of Topliss-reactive ketones (excluding diaryl/α,β-unsaturated/α-hetero) is 1. The standard InChI is InChI=1S/C9H11BrN2OS/c10-5-3-1-2-4-6-8(7(5)13)14-9(11)12-6/h5H,1-4H2,(H2,11,12). The van der Waals surface area contributed by atoms with Gasteiger partial charge in [0.05, 0.1) is 15.4 Å². The summed E-state index contributed by atoms with van der Waals surface area (Å²) in [6.07, 6.45) is 3.95. The van der Waals surface area contributed by atoms with Crippen LogP contribution in [0, 0.1) is 0 Å². The normalized spacial score (nSPS) is 22.6. The van der Waals surface area contributed by atoms with Crippen molar-refractivity contribution in [1.29, 1.82) is 0 Å². The first-order valence-electron chi connectivity index (χ1n) is 4.62. The number of thiazole rings is 1. The molecule has 1 aromatic rings. The molecular weight excluding hydrogens is 264 g/mol. The minimum absolute atomic E-state index is 0.0543. The Hall–Kier alpha value is -0.420. The Morgan fingerprint density at radius 2 is 2.29 bits per heavy atom. The third kappa shape index (κ3) is 1.83. The Kier molecular flexibility index (Phi) is 2.88. The van der Waals surface area contributed by atoms with Gasteiger partial charge in [0, 0.05) is 0 Å². The lowest BCUT2D eigenvalue weighted by atomic mass is 10.0. The van der Waals surface area contributed by atoms with Gasteiger partial charge in [-0.15, -0.1) is 0 Å². The molecule has 0 aliphatic heterocycles. The molecule has 0 fully saturated rings. The SMILES string of the molecule is Nc1nc2c(s1)C(=O)C(Br)CCCC2. The molecule has 1 aliphatic rings. The second kappa shape index (κ2) is 3.98. The lowest BCUT2D eigenvalue weighted by molar-refractivity contribution is 0.0989. The summed E-state index contributed by atoms with van der Waals surface area (Å²) in [5, 5.41) is 0.505. The predicted octanol–water partition coefficient (Wildman–Crippen LogP) is 2.40. The van der Waals surface area contributed by atoms with Gasteiger partial charge in [-0.2, -0.15) is 0 Å². The number of alkyl halides is 1. The summed E-state index contributed by atoms with van der Waals surface area (Å²) in [6, 6.07) is 0. The van der Waals surface area contributed by atoms with E-state index in [0.29, 0.717) is 5.13 Å². The Morgan fingerprint density at radius 3 is 3.07 bits per heavy atom. The second-order valence-electron chi connectivity index (χ2n) is 3.41. The van der Waals surface area contributed by atoms with Gasteiger partial charge in [-0.1, -0.05) is 33.7 Å². The molecule has 0 saturated carbocycles. The fourth-order valence-electron chi connectivity index (χ4n) is 1.62. The van der Waals surface area contributed by atoms with Crippen LogP contribution in [0.15, 0.2) is 0 Å². The Morgan fingerprint density at radius 1 is 1.50 bits per heavy atom. The zero-order chi connectivity index (χ0) is 10.1. The number of rotatable bonds is 0. The first kappa shape index (κ1) is 10.1. The van der Waals surface area contributed by atoms with Gasteiger partial charge >= 0.3 is 0 Å². The molecule has 1 heterocycles. The van der Waals surface area contributed by atoms with Crippen LogP contribution in [0.5, 0.6) is 0 Å². The van der Waals surface area contributed by atoms with Gasteiger partial charge in [0.2, 0.25) is 0 Å². The van der Waals surface area contributed by atoms with Gasteiger partial charge in [0.15, 0.2) is 10.9 Å². The van der Waals surface area contributed by atoms with Gasteiger partial charge in [-0.25, -0.2) is 4.98 Å². The fraction of sp³-hybridized carbons (Fsp3) is 0.556. The highest BCUT2D eigenvalue weighted by Gasteiger charge is 2.24. The van der Waals surface area contributed by atoms with Crippen LogP contribution in [0.4, 0.5) is 5.13 Å². The number of aryl methyl sites for hydroxylation is 1. The molecule has 0 aromatic carbocycles. The highest BCUT2D eigenvalue weighted by atomic mass is 79.9. The molecule has 1 unspecified atom stereocenters. The van der Waals surface area contributed by atoms with Crippen molar-refractivity contribution in [3.8, 4) is 0 Å². The summed E-state index contributed by atoms with van der Waals surface area (Å²) in [6.45, 7) is 0. The summed E-state index contributed by atoms with van der Waals surface area (Å²) >= 11 is 4.72. The average Bonchev–Trinajstić information content (AvgIpc) is 2.51. The van der Waals surface area contributed by atoms with E-state index >= 15 is 0 Å². The average molecular weight is 275 g/mol. The van der Waals surface area contributed by atoms with Gasteiger partial charge in [0.1, 0.15) is 0 Å². The molecule has 1 aromatic heterocycles. The van der Waals surface area contributed by atoms with E-state index in [4.69, 9.17) is 5.73 Å². The van der Waals surface area contributed by atoms with E-state index < -0.39 is 0 Å². The van der Waals surface area contributed by atoms with Crippen molar-refractivity contribution in [2.75, 3.05) is 5.73 Å². The van der Waals surface area contributed by atoms with Crippen molar-refractivity contribution in [2.45, 2.75) is 30.5 Å². The van der Waals surface area contributed by atoms with E-state index in [-0.39, 0.29) is 10.6 Å².